The zero-order valence-corrected chi connectivity index (χ0v) is 19.5. The van der Waals surface area contributed by atoms with E-state index in [1.807, 2.05) is 17.4 Å². The topological polar surface area (TPSA) is 75.3 Å². The first-order valence-electron chi connectivity index (χ1n) is 9.53. The van der Waals surface area contributed by atoms with E-state index in [-0.39, 0.29) is 24.0 Å². The number of nitrogens with one attached hydrogen (secondary N) is 2. The molecule has 2 N–H and O–H groups in total. The van der Waals surface area contributed by atoms with Gasteiger partial charge in [-0.2, -0.15) is 0 Å². The Morgan fingerprint density at radius 3 is 2.81 bits per heavy atom. The first kappa shape index (κ1) is 22.1. The van der Waals surface area contributed by atoms with Gasteiger partial charge in [-0.1, -0.05) is 19.0 Å². The average molecular weight is 503 g/mol. The summed E-state index contributed by atoms with van der Waals surface area (Å²) in [5.74, 6) is 1.98. The van der Waals surface area contributed by atoms with Crippen LogP contribution in [0.5, 0.6) is 0 Å². The Hall–Kier alpha value is -1.16. The number of aryl methyl sites for hydroxylation is 3. The van der Waals surface area contributed by atoms with Crippen molar-refractivity contribution < 1.29 is 4.52 Å². The molecule has 2 heterocycles. The van der Waals surface area contributed by atoms with Crippen molar-refractivity contribution in [1.29, 1.82) is 0 Å². The lowest BCUT2D eigenvalue weighted by atomic mass is 10.0. The van der Waals surface area contributed by atoms with Crippen LogP contribution in [0.15, 0.2) is 15.6 Å². The second-order valence-corrected chi connectivity index (χ2v) is 8.18. The van der Waals surface area contributed by atoms with E-state index >= 15 is 0 Å². The Balaban J connectivity index is 0.00000261. The van der Waals surface area contributed by atoms with E-state index < -0.39 is 0 Å². The monoisotopic (exact) mass is 503 g/mol. The van der Waals surface area contributed by atoms with Crippen molar-refractivity contribution >= 4 is 41.3 Å². The highest BCUT2D eigenvalue weighted by Crippen LogP contribution is 2.27. The van der Waals surface area contributed by atoms with Gasteiger partial charge in [-0.25, -0.2) is 4.98 Å². The van der Waals surface area contributed by atoms with E-state index in [4.69, 9.17) is 9.51 Å². The van der Waals surface area contributed by atoms with Crippen LogP contribution in [0, 0.1) is 0 Å². The highest BCUT2D eigenvalue weighted by molar-refractivity contribution is 14.0. The van der Waals surface area contributed by atoms with Gasteiger partial charge < -0.3 is 15.2 Å². The predicted octanol–water partition coefficient (Wildman–Crippen LogP) is 4.05. The first-order valence-corrected chi connectivity index (χ1v) is 10.3. The number of rotatable bonds is 7. The Bertz CT molecular complexity index is 717. The molecule has 0 amide bonds. The predicted molar refractivity (Wildman–Crippen MR) is 121 cm³/mol. The molecule has 2 aromatic heterocycles. The van der Waals surface area contributed by atoms with Crippen LogP contribution in [-0.2, 0) is 25.8 Å². The van der Waals surface area contributed by atoms with Gasteiger partial charge >= 0.3 is 0 Å². The molecule has 0 saturated carbocycles. The third-order valence-corrected chi connectivity index (χ3v) is 5.79. The quantitative estimate of drug-likeness (QED) is 0.258. The van der Waals surface area contributed by atoms with Crippen LogP contribution in [0.3, 0.4) is 0 Å². The van der Waals surface area contributed by atoms with Gasteiger partial charge in [-0.05, 0) is 38.0 Å². The van der Waals surface area contributed by atoms with Gasteiger partial charge in [0.1, 0.15) is 0 Å². The number of hydrogen-bond acceptors (Lipinski definition) is 5. The Labute approximate surface area is 182 Å². The number of fused-ring (bicyclic) bond motifs is 1. The normalized spacial score (nSPS) is 14.0. The van der Waals surface area contributed by atoms with Crippen molar-refractivity contribution in [3.63, 3.8) is 0 Å². The first-order chi connectivity index (χ1) is 12.7. The minimum Gasteiger partial charge on any atom is -0.359 e. The highest BCUT2D eigenvalue weighted by Gasteiger charge is 2.14. The third kappa shape index (κ3) is 6.44. The van der Waals surface area contributed by atoms with Gasteiger partial charge in [0.15, 0.2) is 11.7 Å². The van der Waals surface area contributed by atoms with Crippen LogP contribution >= 0.6 is 35.3 Å². The standard InChI is InChI=1S/C19H29N5OS.HI/c1-13(2)16-11-14(25-24-16)12-22-19(20-3)21-10-6-9-18-23-15-7-4-5-8-17(15)26-18;/h11,13H,4-10,12H2,1-3H3,(H2,20,21,22);1H. The number of aliphatic imine (C=N–C) groups is 1. The van der Waals surface area contributed by atoms with Crippen molar-refractivity contribution in [2.24, 2.45) is 4.99 Å². The van der Waals surface area contributed by atoms with E-state index in [1.54, 1.807) is 7.05 Å². The fraction of sp³-hybridized carbons (Fsp3) is 0.632. The summed E-state index contributed by atoms with van der Waals surface area (Å²) in [6, 6.07) is 2.00. The van der Waals surface area contributed by atoms with Crippen LogP contribution in [0.2, 0.25) is 0 Å². The summed E-state index contributed by atoms with van der Waals surface area (Å²) in [6.07, 6.45) is 7.09. The van der Waals surface area contributed by atoms with Gasteiger partial charge in [0.05, 0.1) is 22.9 Å². The minimum atomic E-state index is 0. The molecule has 1 aliphatic rings. The van der Waals surface area contributed by atoms with E-state index in [0.717, 1.165) is 36.8 Å². The minimum absolute atomic E-state index is 0. The maximum absolute atomic E-state index is 5.34. The number of halogens is 1. The summed E-state index contributed by atoms with van der Waals surface area (Å²) in [7, 11) is 1.78. The Morgan fingerprint density at radius 1 is 1.30 bits per heavy atom. The summed E-state index contributed by atoms with van der Waals surface area (Å²) in [6.45, 7) is 5.67. The van der Waals surface area contributed by atoms with E-state index in [1.165, 1.54) is 41.3 Å². The number of nitrogens with zero attached hydrogens (tertiary/aromatic N) is 3. The molecule has 0 aliphatic heterocycles. The van der Waals surface area contributed by atoms with Crippen LogP contribution in [0.1, 0.15) is 66.1 Å². The molecular weight excluding hydrogens is 473 g/mol. The molecule has 0 spiro atoms. The number of hydrogen-bond donors (Lipinski definition) is 2. The van der Waals surface area contributed by atoms with Crippen LogP contribution in [0.25, 0.3) is 0 Å². The highest BCUT2D eigenvalue weighted by atomic mass is 127. The van der Waals surface area contributed by atoms with Crippen molar-refractivity contribution in [1.82, 2.24) is 20.8 Å². The molecule has 0 fully saturated rings. The summed E-state index contributed by atoms with van der Waals surface area (Å²) in [5.41, 5.74) is 2.34. The van der Waals surface area contributed by atoms with Gasteiger partial charge in [-0.3, -0.25) is 4.99 Å². The summed E-state index contributed by atoms with van der Waals surface area (Å²) < 4.78 is 5.34. The molecule has 0 saturated heterocycles. The molecule has 2 aromatic rings. The van der Waals surface area contributed by atoms with E-state index in [9.17, 15) is 0 Å². The molecular formula is C19H30IN5OS. The van der Waals surface area contributed by atoms with Gasteiger partial charge in [0, 0.05) is 31.0 Å². The summed E-state index contributed by atoms with van der Waals surface area (Å²) in [4.78, 5) is 10.6. The van der Waals surface area contributed by atoms with Crippen molar-refractivity contribution in [2.45, 2.75) is 64.8 Å². The van der Waals surface area contributed by atoms with Crippen molar-refractivity contribution in [3.8, 4) is 0 Å². The van der Waals surface area contributed by atoms with Gasteiger partial charge in [-0.15, -0.1) is 35.3 Å². The molecule has 0 atom stereocenters. The molecule has 0 aromatic carbocycles. The maximum Gasteiger partial charge on any atom is 0.191 e. The van der Waals surface area contributed by atoms with Crippen LogP contribution in [0.4, 0.5) is 0 Å². The van der Waals surface area contributed by atoms with Gasteiger partial charge in [0.25, 0.3) is 0 Å². The number of aromatic nitrogens is 2. The molecule has 0 unspecified atom stereocenters. The lowest BCUT2D eigenvalue weighted by molar-refractivity contribution is 0.372. The van der Waals surface area contributed by atoms with E-state index in [0.29, 0.717) is 12.5 Å². The molecule has 3 rings (SSSR count). The molecule has 1 aliphatic carbocycles. The van der Waals surface area contributed by atoms with Gasteiger partial charge in [0.2, 0.25) is 0 Å². The van der Waals surface area contributed by atoms with Crippen molar-refractivity contribution in [3.05, 3.63) is 33.1 Å². The smallest absolute Gasteiger partial charge is 0.191 e. The SMILES string of the molecule is CN=C(NCCCc1nc2c(s1)CCCC2)NCc1cc(C(C)C)no1.I. The zero-order chi connectivity index (χ0) is 18.4. The molecule has 8 heteroatoms. The van der Waals surface area contributed by atoms with E-state index in [2.05, 4.69) is 34.6 Å². The molecule has 6 nitrogen and oxygen atoms in total. The number of thiazole rings is 1. The lowest BCUT2D eigenvalue weighted by Crippen LogP contribution is -2.37. The molecule has 150 valence electrons. The average Bonchev–Trinajstić information content (AvgIpc) is 3.27. The fourth-order valence-corrected chi connectivity index (χ4v) is 4.23. The Kier molecular flexibility index (Phi) is 9.01. The molecule has 27 heavy (non-hydrogen) atoms. The van der Waals surface area contributed by atoms with Crippen LogP contribution < -0.4 is 10.6 Å². The molecule has 0 bridgehead atoms. The lowest BCUT2D eigenvalue weighted by Gasteiger charge is -2.10. The third-order valence-electron chi connectivity index (χ3n) is 4.57. The number of guanidine groups is 1. The second-order valence-electron chi connectivity index (χ2n) is 7.01. The second kappa shape index (κ2) is 11.0. The zero-order valence-electron chi connectivity index (χ0n) is 16.4. The maximum atomic E-state index is 5.34. The fourth-order valence-electron chi connectivity index (χ4n) is 3.03. The summed E-state index contributed by atoms with van der Waals surface area (Å²) >= 11 is 1.91. The largest absolute Gasteiger partial charge is 0.359 e. The Morgan fingerprint density at radius 2 is 2.11 bits per heavy atom. The molecule has 0 radical (unpaired) electrons. The summed E-state index contributed by atoms with van der Waals surface area (Å²) in [5, 5.41) is 12.0. The van der Waals surface area contributed by atoms with Crippen molar-refractivity contribution in [2.75, 3.05) is 13.6 Å². The van der Waals surface area contributed by atoms with Crippen LogP contribution in [-0.4, -0.2) is 29.7 Å².